The molecule has 80 valence electrons. The first-order chi connectivity index (χ1) is 7.69. The van der Waals surface area contributed by atoms with Gasteiger partial charge in [-0.1, -0.05) is 6.07 Å². The van der Waals surface area contributed by atoms with E-state index in [-0.39, 0.29) is 0 Å². The molecule has 0 unspecified atom stereocenters. The van der Waals surface area contributed by atoms with Crippen LogP contribution in [0.15, 0.2) is 36.5 Å². The molecular formula is C14H13NO. The minimum absolute atomic E-state index is 0.712. The Morgan fingerprint density at radius 1 is 1.06 bits per heavy atom. The molecule has 2 rings (SSSR count). The van der Waals surface area contributed by atoms with E-state index in [2.05, 4.69) is 11.1 Å². The van der Waals surface area contributed by atoms with E-state index in [9.17, 15) is 4.79 Å². The first kappa shape index (κ1) is 10.6. The fourth-order valence-corrected chi connectivity index (χ4v) is 1.77. The Morgan fingerprint density at radius 3 is 2.56 bits per heavy atom. The molecule has 0 saturated heterocycles. The number of hydrogen-bond acceptors (Lipinski definition) is 2. The van der Waals surface area contributed by atoms with Crippen LogP contribution in [0, 0.1) is 13.8 Å². The molecule has 0 radical (unpaired) electrons. The minimum atomic E-state index is 0.712. The van der Waals surface area contributed by atoms with Crippen LogP contribution in [-0.2, 0) is 0 Å². The van der Waals surface area contributed by atoms with Crippen LogP contribution in [0.5, 0.6) is 0 Å². The Morgan fingerprint density at radius 2 is 1.88 bits per heavy atom. The van der Waals surface area contributed by atoms with Gasteiger partial charge in [0.1, 0.15) is 6.29 Å². The van der Waals surface area contributed by atoms with Gasteiger partial charge >= 0.3 is 0 Å². The van der Waals surface area contributed by atoms with Crippen LogP contribution in [0.25, 0.3) is 11.1 Å². The van der Waals surface area contributed by atoms with Crippen LogP contribution in [0.3, 0.4) is 0 Å². The lowest BCUT2D eigenvalue weighted by Gasteiger charge is -2.05. The molecule has 0 bridgehead atoms. The lowest BCUT2D eigenvalue weighted by atomic mass is 10.0. The maximum Gasteiger partial charge on any atom is 0.150 e. The van der Waals surface area contributed by atoms with Crippen molar-refractivity contribution in [1.82, 2.24) is 4.98 Å². The molecule has 0 amide bonds. The Bertz CT molecular complexity index is 532. The highest BCUT2D eigenvalue weighted by Gasteiger charge is 2.01. The standard InChI is InChI=1S/C14H13NO/c1-10-5-12(9-16)8-14(6-10)13-3-4-15-11(2)7-13/h3-9H,1-2H3. The summed E-state index contributed by atoms with van der Waals surface area (Å²) in [6.07, 6.45) is 2.66. The third-order valence-corrected chi connectivity index (χ3v) is 2.47. The van der Waals surface area contributed by atoms with Gasteiger partial charge in [0.25, 0.3) is 0 Å². The van der Waals surface area contributed by atoms with Crippen LogP contribution >= 0.6 is 0 Å². The van der Waals surface area contributed by atoms with Crippen molar-refractivity contribution in [2.45, 2.75) is 13.8 Å². The SMILES string of the molecule is Cc1cc(C=O)cc(-c2ccnc(C)c2)c1. The lowest BCUT2D eigenvalue weighted by molar-refractivity contribution is 0.112. The number of hydrogen-bond donors (Lipinski definition) is 0. The monoisotopic (exact) mass is 211 g/mol. The van der Waals surface area contributed by atoms with Gasteiger partial charge in [-0.25, -0.2) is 0 Å². The summed E-state index contributed by atoms with van der Waals surface area (Å²) in [6.45, 7) is 3.95. The maximum absolute atomic E-state index is 10.8. The van der Waals surface area contributed by atoms with E-state index in [1.54, 1.807) is 6.20 Å². The van der Waals surface area contributed by atoms with E-state index in [4.69, 9.17) is 0 Å². The third kappa shape index (κ3) is 2.16. The third-order valence-electron chi connectivity index (χ3n) is 2.47. The number of carbonyl (C=O) groups excluding carboxylic acids is 1. The maximum atomic E-state index is 10.8. The average Bonchev–Trinajstić information content (AvgIpc) is 2.28. The number of carbonyl (C=O) groups is 1. The molecule has 0 saturated carbocycles. The van der Waals surface area contributed by atoms with Crippen molar-refractivity contribution < 1.29 is 4.79 Å². The summed E-state index contributed by atoms with van der Waals surface area (Å²) in [5.41, 5.74) is 4.94. The Kier molecular flexibility index (Phi) is 2.82. The molecule has 0 atom stereocenters. The van der Waals surface area contributed by atoms with Gasteiger partial charge in [-0.3, -0.25) is 9.78 Å². The zero-order chi connectivity index (χ0) is 11.5. The molecule has 0 aliphatic rings. The lowest BCUT2D eigenvalue weighted by Crippen LogP contribution is -1.87. The smallest absolute Gasteiger partial charge is 0.150 e. The summed E-state index contributed by atoms with van der Waals surface area (Å²) >= 11 is 0. The summed E-state index contributed by atoms with van der Waals surface area (Å²) in [6, 6.07) is 9.82. The Hall–Kier alpha value is -1.96. The van der Waals surface area contributed by atoms with Gasteiger partial charge in [0.2, 0.25) is 0 Å². The number of aryl methyl sites for hydroxylation is 2. The Balaban J connectivity index is 2.55. The van der Waals surface area contributed by atoms with Crippen LogP contribution < -0.4 is 0 Å². The zero-order valence-electron chi connectivity index (χ0n) is 9.40. The van der Waals surface area contributed by atoms with Crippen LogP contribution in [0.2, 0.25) is 0 Å². The zero-order valence-corrected chi connectivity index (χ0v) is 9.40. The normalized spacial score (nSPS) is 10.1. The largest absolute Gasteiger partial charge is 0.298 e. The Labute approximate surface area is 95.0 Å². The van der Waals surface area contributed by atoms with Crippen molar-refractivity contribution in [3.63, 3.8) is 0 Å². The number of aromatic nitrogens is 1. The number of benzene rings is 1. The molecule has 1 heterocycles. The van der Waals surface area contributed by atoms with Crippen molar-refractivity contribution >= 4 is 6.29 Å². The quantitative estimate of drug-likeness (QED) is 0.714. The molecule has 16 heavy (non-hydrogen) atoms. The summed E-state index contributed by atoms with van der Waals surface area (Å²) in [4.78, 5) is 15.0. The number of aldehydes is 1. The molecule has 2 heteroatoms. The second kappa shape index (κ2) is 4.27. The van der Waals surface area contributed by atoms with Gasteiger partial charge in [0.15, 0.2) is 0 Å². The number of rotatable bonds is 2. The summed E-state index contributed by atoms with van der Waals surface area (Å²) < 4.78 is 0. The molecule has 0 aliphatic carbocycles. The molecule has 0 N–H and O–H groups in total. The highest BCUT2D eigenvalue weighted by molar-refractivity contribution is 5.79. The van der Waals surface area contributed by atoms with Crippen molar-refractivity contribution in [1.29, 1.82) is 0 Å². The second-order valence-electron chi connectivity index (χ2n) is 3.94. The van der Waals surface area contributed by atoms with Gasteiger partial charge < -0.3 is 0 Å². The average molecular weight is 211 g/mol. The molecule has 2 nitrogen and oxygen atoms in total. The van der Waals surface area contributed by atoms with E-state index >= 15 is 0 Å². The van der Waals surface area contributed by atoms with Gasteiger partial charge in [-0.2, -0.15) is 0 Å². The molecule has 0 spiro atoms. The molecule has 2 aromatic rings. The fraction of sp³-hybridized carbons (Fsp3) is 0.143. The topological polar surface area (TPSA) is 30.0 Å². The van der Waals surface area contributed by atoms with Crippen LogP contribution in [-0.4, -0.2) is 11.3 Å². The van der Waals surface area contributed by atoms with Crippen molar-refractivity contribution in [2.75, 3.05) is 0 Å². The molecule has 1 aromatic heterocycles. The highest BCUT2D eigenvalue weighted by Crippen LogP contribution is 2.21. The number of nitrogens with zero attached hydrogens (tertiary/aromatic N) is 1. The van der Waals surface area contributed by atoms with Gasteiger partial charge in [-0.15, -0.1) is 0 Å². The van der Waals surface area contributed by atoms with Crippen molar-refractivity contribution in [3.05, 3.63) is 53.3 Å². The van der Waals surface area contributed by atoms with Gasteiger partial charge in [0, 0.05) is 17.5 Å². The van der Waals surface area contributed by atoms with Crippen LogP contribution in [0.4, 0.5) is 0 Å². The molecular weight excluding hydrogens is 198 g/mol. The van der Waals surface area contributed by atoms with E-state index in [0.717, 1.165) is 28.7 Å². The molecule has 0 fully saturated rings. The van der Waals surface area contributed by atoms with E-state index in [1.165, 1.54) is 0 Å². The highest BCUT2D eigenvalue weighted by atomic mass is 16.1. The predicted molar refractivity (Wildman–Crippen MR) is 64.5 cm³/mol. The van der Waals surface area contributed by atoms with Gasteiger partial charge in [-0.05, 0) is 54.8 Å². The van der Waals surface area contributed by atoms with Crippen molar-refractivity contribution in [3.8, 4) is 11.1 Å². The fourth-order valence-electron chi connectivity index (χ4n) is 1.77. The molecule has 1 aromatic carbocycles. The first-order valence-corrected chi connectivity index (χ1v) is 5.19. The minimum Gasteiger partial charge on any atom is -0.298 e. The van der Waals surface area contributed by atoms with E-state index < -0.39 is 0 Å². The van der Waals surface area contributed by atoms with Crippen LogP contribution in [0.1, 0.15) is 21.6 Å². The van der Waals surface area contributed by atoms with Gasteiger partial charge in [0.05, 0.1) is 0 Å². The second-order valence-corrected chi connectivity index (χ2v) is 3.94. The van der Waals surface area contributed by atoms with Crippen molar-refractivity contribution in [2.24, 2.45) is 0 Å². The molecule has 0 aliphatic heterocycles. The summed E-state index contributed by atoms with van der Waals surface area (Å²) in [5.74, 6) is 0. The number of pyridine rings is 1. The van der Waals surface area contributed by atoms with E-state index in [0.29, 0.717) is 5.56 Å². The first-order valence-electron chi connectivity index (χ1n) is 5.19. The predicted octanol–water partition coefficient (Wildman–Crippen LogP) is 3.18. The summed E-state index contributed by atoms with van der Waals surface area (Å²) in [7, 11) is 0. The van der Waals surface area contributed by atoms with E-state index in [1.807, 2.05) is 38.1 Å². The summed E-state index contributed by atoms with van der Waals surface area (Å²) in [5, 5.41) is 0.